The number of rotatable bonds is 4. The first-order chi connectivity index (χ1) is 12.0. The van der Waals surface area contributed by atoms with Gasteiger partial charge in [-0.3, -0.25) is 14.6 Å². The van der Waals surface area contributed by atoms with E-state index in [1.165, 1.54) is 10.7 Å². The molecule has 0 fully saturated rings. The highest BCUT2D eigenvalue weighted by Gasteiger charge is 2.12. The number of hydrogen-bond donors (Lipinski definition) is 1. The van der Waals surface area contributed by atoms with Gasteiger partial charge in [0.05, 0.1) is 11.7 Å². The Hall–Kier alpha value is -3.28. The van der Waals surface area contributed by atoms with E-state index < -0.39 is 0 Å². The zero-order valence-corrected chi connectivity index (χ0v) is 14.0. The van der Waals surface area contributed by atoms with Gasteiger partial charge in [-0.05, 0) is 36.8 Å². The van der Waals surface area contributed by atoms with Gasteiger partial charge in [-0.1, -0.05) is 18.2 Å². The maximum absolute atomic E-state index is 12.4. The topological polar surface area (TPSA) is 76.9 Å². The van der Waals surface area contributed by atoms with E-state index in [2.05, 4.69) is 15.4 Å². The van der Waals surface area contributed by atoms with Crippen LogP contribution < -0.4 is 10.9 Å². The van der Waals surface area contributed by atoms with Crippen molar-refractivity contribution in [2.45, 2.75) is 13.0 Å². The molecular formula is C19H18N4O2. The molecule has 2 aromatic heterocycles. The average molecular weight is 334 g/mol. The van der Waals surface area contributed by atoms with Crippen molar-refractivity contribution in [1.29, 1.82) is 0 Å². The second-order valence-corrected chi connectivity index (χ2v) is 5.74. The second-order valence-electron chi connectivity index (χ2n) is 5.74. The van der Waals surface area contributed by atoms with Gasteiger partial charge < -0.3 is 5.32 Å². The second kappa shape index (κ2) is 7.09. The minimum Gasteiger partial charge on any atom is -0.345 e. The highest BCUT2D eigenvalue weighted by molar-refractivity contribution is 5.94. The van der Waals surface area contributed by atoms with Crippen molar-refractivity contribution in [3.05, 3.63) is 82.4 Å². The van der Waals surface area contributed by atoms with Crippen molar-refractivity contribution in [3.63, 3.8) is 0 Å². The normalized spacial score (nSPS) is 11.8. The number of nitrogens with one attached hydrogen (secondary N) is 1. The molecule has 6 nitrogen and oxygen atoms in total. The van der Waals surface area contributed by atoms with Gasteiger partial charge in [0, 0.05) is 36.6 Å². The van der Waals surface area contributed by atoms with Crippen LogP contribution in [-0.2, 0) is 7.05 Å². The molecule has 1 unspecified atom stereocenters. The maximum Gasteiger partial charge on any atom is 0.266 e. The third-order valence-corrected chi connectivity index (χ3v) is 3.94. The number of hydrogen-bond acceptors (Lipinski definition) is 4. The first-order valence-electron chi connectivity index (χ1n) is 7.90. The molecule has 0 aliphatic heterocycles. The summed E-state index contributed by atoms with van der Waals surface area (Å²) in [5, 5.41) is 7.15. The highest BCUT2D eigenvalue weighted by atomic mass is 16.1. The van der Waals surface area contributed by atoms with Crippen LogP contribution in [0.2, 0.25) is 0 Å². The van der Waals surface area contributed by atoms with E-state index >= 15 is 0 Å². The van der Waals surface area contributed by atoms with Crippen molar-refractivity contribution in [3.8, 4) is 11.3 Å². The Balaban J connectivity index is 1.74. The van der Waals surface area contributed by atoms with Crippen LogP contribution in [0.4, 0.5) is 0 Å². The molecule has 1 aromatic carbocycles. The zero-order valence-electron chi connectivity index (χ0n) is 14.0. The van der Waals surface area contributed by atoms with Gasteiger partial charge in [0.15, 0.2) is 0 Å². The molecule has 2 heterocycles. The largest absolute Gasteiger partial charge is 0.345 e. The van der Waals surface area contributed by atoms with E-state index in [0.29, 0.717) is 11.3 Å². The predicted octanol–water partition coefficient (Wildman–Crippen LogP) is 2.33. The molecule has 0 spiro atoms. The summed E-state index contributed by atoms with van der Waals surface area (Å²) in [6.45, 7) is 1.91. The van der Waals surface area contributed by atoms with Crippen molar-refractivity contribution in [1.82, 2.24) is 20.1 Å². The fourth-order valence-corrected chi connectivity index (χ4v) is 2.44. The summed E-state index contributed by atoms with van der Waals surface area (Å²) in [6.07, 6.45) is 3.43. The third-order valence-electron chi connectivity index (χ3n) is 3.94. The lowest BCUT2D eigenvalue weighted by Crippen LogP contribution is -2.26. The SMILES string of the molecule is CC(NC(=O)c1ccc(-c2ccc(=O)n(C)n2)cc1)c1cccnc1. The Kier molecular flexibility index (Phi) is 4.70. The number of pyridine rings is 1. The molecule has 126 valence electrons. The van der Waals surface area contributed by atoms with Crippen LogP contribution >= 0.6 is 0 Å². The molecule has 6 heteroatoms. The van der Waals surface area contributed by atoms with Crippen LogP contribution in [0.1, 0.15) is 28.9 Å². The van der Waals surface area contributed by atoms with Gasteiger partial charge >= 0.3 is 0 Å². The summed E-state index contributed by atoms with van der Waals surface area (Å²) >= 11 is 0. The molecule has 3 rings (SSSR count). The molecule has 0 aliphatic carbocycles. The van der Waals surface area contributed by atoms with Gasteiger partial charge in [0.25, 0.3) is 11.5 Å². The molecule has 3 aromatic rings. The van der Waals surface area contributed by atoms with Crippen molar-refractivity contribution < 1.29 is 4.79 Å². The third kappa shape index (κ3) is 3.80. The lowest BCUT2D eigenvalue weighted by atomic mass is 10.1. The lowest BCUT2D eigenvalue weighted by molar-refractivity contribution is 0.0940. The molecule has 1 atom stereocenters. The van der Waals surface area contributed by atoms with Crippen LogP contribution in [0.3, 0.4) is 0 Å². The Morgan fingerprint density at radius 3 is 2.52 bits per heavy atom. The molecule has 0 radical (unpaired) electrons. The van der Waals surface area contributed by atoms with E-state index in [-0.39, 0.29) is 17.5 Å². The van der Waals surface area contributed by atoms with Gasteiger partial charge in [-0.2, -0.15) is 5.10 Å². The van der Waals surface area contributed by atoms with Gasteiger partial charge in [0.1, 0.15) is 0 Å². The van der Waals surface area contributed by atoms with Crippen molar-refractivity contribution in [2.75, 3.05) is 0 Å². The Morgan fingerprint density at radius 1 is 1.12 bits per heavy atom. The van der Waals surface area contributed by atoms with E-state index in [1.54, 1.807) is 37.6 Å². The molecule has 0 aliphatic rings. The molecule has 1 amide bonds. The smallest absolute Gasteiger partial charge is 0.266 e. The molecule has 1 N–H and O–H groups in total. The summed E-state index contributed by atoms with van der Waals surface area (Å²) in [4.78, 5) is 27.9. The van der Waals surface area contributed by atoms with Crippen LogP contribution in [0.25, 0.3) is 11.3 Å². The van der Waals surface area contributed by atoms with Gasteiger partial charge in [-0.25, -0.2) is 4.68 Å². The molecule has 0 bridgehead atoms. The zero-order chi connectivity index (χ0) is 17.8. The summed E-state index contributed by atoms with van der Waals surface area (Å²) in [5.74, 6) is -0.156. The number of benzene rings is 1. The quantitative estimate of drug-likeness (QED) is 0.794. The minimum atomic E-state index is -0.163. The maximum atomic E-state index is 12.4. The van der Waals surface area contributed by atoms with Crippen LogP contribution in [0.5, 0.6) is 0 Å². The fraction of sp³-hybridized carbons (Fsp3) is 0.158. The van der Waals surface area contributed by atoms with Crippen molar-refractivity contribution in [2.24, 2.45) is 7.05 Å². The highest BCUT2D eigenvalue weighted by Crippen LogP contribution is 2.17. The summed E-state index contributed by atoms with van der Waals surface area (Å²) < 4.78 is 1.28. The van der Waals surface area contributed by atoms with E-state index in [1.807, 2.05) is 31.2 Å². The van der Waals surface area contributed by atoms with E-state index in [4.69, 9.17) is 0 Å². The van der Waals surface area contributed by atoms with Gasteiger partial charge in [0.2, 0.25) is 0 Å². The lowest BCUT2D eigenvalue weighted by Gasteiger charge is -2.14. The molecule has 0 saturated carbocycles. The number of carbonyl (C=O) groups excluding carboxylic acids is 1. The number of aromatic nitrogens is 3. The van der Waals surface area contributed by atoms with Crippen LogP contribution in [-0.4, -0.2) is 20.7 Å². The van der Waals surface area contributed by atoms with E-state index in [0.717, 1.165) is 11.1 Å². The Bertz CT molecular complexity index is 934. The first kappa shape index (κ1) is 16.6. The Morgan fingerprint density at radius 2 is 1.88 bits per heavy atom. The summed E-state index contributed by atoms with van der Waals surface area (Å²) in [6, 6.07) is 13.9. The fourth-order valence-electron chi connectivity index (χ4n) is 2.44. The first-order valence-corrected chi connectivity index (χ1v) is 7.90. The molecule has 25 heavy (non-hydrogen) atoms. The predicted molar refractivity (Wildman–Crippen MR) is 95.0 cm³/mol. The van der Waals surface area contributed by atoms with Crippen LogP contribution in [0.15, 0.2) is 65.7 Å². The Labute approximate surface area is 145 Å². The van der Waals surface area contributed by atoms with Crippen LogP contribution in [0, 0.1) is 0 Å². The number of aryl methyl sites for hydroxylation is 1. The summed E-state index contributed by atoms with van der Waals surface area (Å²) in [7, 11) is 1.60. The number of amides is 1. The molecular weight excluding hydrogens is 316 g/mol. The van der Waals surface area contributed by atoms with Gasteiger partial charge in [-0.15, -0.1) is 0 Å². The summed E-state index contributed by atoms with van der Waals surface area (Å²) in [5.41, 5.74) is 2.86. The number of nitrogens with zero attached hydrogens (tertiary/aromatic N) is 3. The average Bonchev–Trinajstić information content (AvgIpc) is 2.65. The monoisotopic (exact) mass is 334 g/mol. The minimum absolute atomic E-state index is 0.133. The number of carbonyl (C=O) groups is 1. The molecule has 0 saturated heterocycles. The van der Waals surface area contributed by atoms with E-state index in [9.17, 15) is 9.59 Å². The standard InChI is InChI=1S/C19H18N4O2/c1-13(16-4-3-11-20-12-16)21-19(25)15-7-5-14(6-8-15)17-9-10-18(24)23(2)22-17/h3-13H,1-2H3,(H,21,25). The van der Waals surface area contributed by atoms with Crippen molar-refractivity contribution >= 4 is 5.91 Å².